The fraction of sp³-hybridized carbons (Fsp3) is 0.545. The van der Waals surface area contributed by atoms with Crippen LogP contribution in [0.2, 0.25) is 0 Å². The van der Waals surface area contributed by atoms with Gasteiger partial charge in [0.15, 0.2) is 0 Å². The van der Waals surface area contributed by atoms with E-state index >= 15 is 0 Å². The quantitative estimate of drug-likeness (QED) is 0.638. The Bertz CT molecular complexity index is 261. The highest BCUT2D eigenvalue weighted by atomic mass is 16.5. The first-order valence-electron chi connectivity index (χ1n) is 4.65. The summed E-state index contributed by atoms with van der Waals surface area (Å²) < 4.78 is 5.07. The van der Waals surface area contributed by atoms with Crippen molar-refractivity contribution >= 4 is 6.21 Å². The van der Waals surface area contributed by atoms with Crippen LogP contribution in [0.1, 0.15) is 20.8 Å². The van der Waals surface area contributed by atoms with Crippen LogP contribution in [0.4, 0.5) is 0 Å². The van der Waals surface area contributed by atoms with E-state index in [1.807, 2.05) is 12.3 Å². The zero-order chi connectivity index (χ0) is 9.84. The highest BCUT2D eigenvalue weighted by molar-refractivity contribution is 5.67. The molecule has 2 nitrogen and oxygen atoms in total. The molecule has 0 aromatic rings. The summed E-state index contributed by atoms with van der Waals surface area (Å²) in [7, 11) is 1.64. The van der Waals surface area contributed by atoms with Gasteiger partial charge in [-0.3, -0.25) is 0 Å². The van der Waals surface area contributed by atoms with Gasteiger partial charge in [0, 0.05) is 18.2 Å². The van der Waals surface area contributed by atoms with Crippen LogP contribution in [0.3, 0.4) is 0 Å². The van der Waals surface area contributed by atoms with Crippen molar-refractivity contribution in [3.05, 3.63) is 23.6 Å². The average Bonchev–Trinajstić information content (AvgIpc) is 2.27. The Balaban J connectivity index is 2.91. The van der Waals surface area contributed by atoms with Gasteiger partial charge in [0.25, 0.3) is 0 Å². The Morgan fingerprint density at radius 3 is 2.62 bits per heavy atom. The van der Waals surface area contributed by atoms with Crippen LogP contribution >= 0.6 is 0 Å². The van der Waals surface area contributed by atoms with Gasteiger partial charge in [0.05, 0.1) is 7.11 Å². The summed E-state index contributed by atoms with van der Waals surface area (Å²) in [5, 5.41) is 0. The highest BCUT2D eigenvalue weighted by Crippen LogP contribution is 2.21. The van der Waals surface area contributed by atoms with Crippen molar-refractivity contribution in [1.29, 1.82) is 0 Å². The van der Waals surface area contributed by atoms with Gasteiger partial charge in [0.1, 0.15) is 0 Å². The zero-order valence-corrected chi connectivity index (χ0v) is 8.74. The number of rotatable bonds is 2. The van der Waals surface area contributed by atoms with Gasteiger partial charge in [-0.2, -0.15) is 0 Å². The molecule has 0 unspecified atom stereocenters. The molecule has 1 aliphatic heterocycles. The molecule has 0 aliphatic carbocycles. The first-order chi connectivity index (χ1) is 6.15. The zero-order valence-electron chi connectivity index (χ0n) is 8.74. The maximum Gasteiger partial charge on any atom is 0.212 e. The molecule has 1 aliphatic rings. The van der Waals surface area contributed by atoms with Crippen LogP contribution < -0.4 is 0 Å². The number of hydrogen-bond acceptors (Lipinski definition) is 2. The maximum atomic E-state index is 5.07. The number of aliphatic imine (C=N–C) groups is 1. The van der Waals surface area contributed by atoms with Crippen molar-refractivity contribution in [3.8, 4) is 0 Å². The van der Waals surface area contributed by atoms with Crippen molar-refractivity contribution in [3.63, 3.8) is 0 Å². The Hall–Kier alpha value is -1.05. The minimum Gasteiger partial charge on any atom is -0.481 e. The van der Waals surface area contributed by atoms with E-state index in [1.165, 1.54) is 5.57 Å². The Labute approximate surface area is 80.0 Å². The third-order valence-electron chi connectivity index (χ3n) is 2.25. The van der Waals surface area contributed by atoms with Crippen molar-refractivity contribution in [2.75, 3.05) is 7.11 Å². The lowest BCUT2D eigenvalue weighted by Crippen LogP contribution is -2.05. The molecule has 13 heavy (non-hydrogen) atoms. The lowest BCUT2D eigenvalue weighted by Gasteiger charge is -2.13. The predicted molar refractivity (Wildman–Crippen MR) is 55.7 cm³/mol. The topological polar surface area (TPSA) is 21.6 Å². The van der Waals surface area contributed by atoms with E-state index in [-0.39, 0.29) is 0 Å². The monoisotopic (exact) mass is 179 g/mol. The molecule has 72 valence electrons. The minimum atomic E-state index is 0.406. The lowest BCUT2D eigenvalue weighted by atomic mass is 9.92. The first-order valence-corrected chi connectivity index (χ1v) is 4.65. The van der Waals surface area contributed by atoms with Crippen LogP contribution in [-0.4, -0.2) is 13.3 Å². The summed E-state index contributed by atoms with van der Waals surface area (Å²) in [6.45, 7) is 6.55. The van der Waals surface area contributed by atoms with E-state index < -0.39 is 0 Å². The summed E-state index contributed by atoms with van der Waals surface area (Å²) in [4.78, 5) is 4.22. The fourth-order valence-electron chi connectivity index (χ4n) is 1.47. The highest BCUT2D eigenvalue weighted by Gasteiger charge is 2.11. The molecule has 0 fully saturated rings. The van der Waals surface area contributed by atoms with E-state index in [1.54, 1.807) is 7.11 Å². The number of nitrogens with zero attached hydrogens (tertiary/aromatic N) is 1. The molecule has 0 saturated carbocycles. The average molecular weight is 179 g/mol. The molecule has 0 N–H and O–H groups in total. The second-order valence-corrected chi connectivity index (χ2v) is 3.60. The van der Waals surface area contributed by atoms with E-state index in [0.29, 0.717) is 17.7 Å². The van der Waals surface area contributed by atoms with E-state index in [0.717, 1.165) is 0 Å². The molecule has 0 spiro atoms. The van der Waals surface area contributed by atoms with Crippen molar-refractivity contribution in [2.45, 2.75) is 20.8 Å². The van der Waals surface area contributed by atoms with Gasteiger partial charge in [-0.15, -0.1) is 0 Å². The number of allylic oxidation sites excluding steroid dienone is 3. The molecule has 0 aromatic heterocycles. The number of ether oxygens (including phenoxy) is 1. The molecular formula is C11H17NO. The van der Waals surface area contributed by atoms with Gasteiger partial charge in [-0.1, -0.05) is 32.4 Å². The van der Waals surface area contributed by atoms with Gasteiger partial charge in [-0.05, 0) is 5.92 Å². The minimum absolute atomic E-state index is 0.406. The molecule has 1 heterocycles. The van der Waals surface area contributed by atoms with Crippen LogP contribution in [0, 0.1) is 11.8 Å². The second kappa shape index (κ2) is 4.26. The third kappa shape index (κ3) is 2.44. The lowest BCUT2D eigenvalue weighted by molar-refractivity contribution is 0.289. The van der Waals surface area contributed by atoms with E-state index in [2.05, 4.69) is 31.8 Å². The number of methoxy groups -OCH3 is 1. The summed E-state index contributed by atoms with van der Waals surface area (Å²) in [5.41, 5.74) is 1.40. The summed E-state index contributed by atoms with van der Waals surface area (Å²) in [6, 6.07) is 0. The largest absolute Gasteiger partial charge is 0.481 e. The van der Waals surface area contributed by atoms with Gasteiger partial charge >= 0.3 is 0 Å². The Kier molecular flexibility index (Phi) is 3.29. The second-order valence-electron chi connectivity index (χ2n) is 3.60. The Morgan fingerprint density at radius 1 is 1.38 bits per heavy atom. The van der Waals surface area contributed by atoms with Crippen LogP contribution in [-0.2, 0) is 4.74 Å². The molecule has 2 heteroatoms. The molecule has 1 rings (SSSR count). The van der Waals surface area contributed by atoms with Crippen molar-refractivity contribution in [2.24, 2.45) is 16.8 Å². The summed E-state index contributed by atoms with van der Waals surface area (Å²) >= 11 is 0. The first kappa shape index (κ1) is 10.0. The van der Waals surface area contributed by atoms with Gasteiger partial charge in [-0.25, -0.2) is 4.99 Å². The van der Waals surface area contributed by atoms with Crippen molar-refractivity contribution in [1.82, 2.24) is 0 Å². The molecule has 0 bridgehead atoms. The Morgan fingerprint density at radius 2 is 2.08 bits per heavy atom. The van der Waals surface area contributed by atoms with Gasteiger partial charge in [0.2, 0.25) is 5.88 Å². The number of hydrogen-bond donors (Lipinski definition) is 0. The predicted octanol–water partition coefficient (Wildman–Crippen LogP) is 2.78. The normalized spacial score (nSPS) is 22.4. The van der Waals surface area contributed by atoms with E-state index in [4.69, 9.17) is 4.74 Å². The van der Waals surface area contributed by atoms with Gasteiger partial charge < -0.3 is 4.74 Å². The molecular weight excluding hydrogens is 162 g/mol. The molecule has 0 amide bonds. The summed E-state index contributed by atoms with van der Waals surface area (Å²) in [6.07, 6.45) is 5.98. The van der Waals surface area contributed by atoms with E-state index in [9.17, 15) is 0 Å². The van der Waals surface area contributed by atoms with Crippen LogP contribution in [0.25, 0.3) is 0 Å². The fourth-order valence-corrected chi connectivity index (χ4v) is 1.47. The summed E-state index contributed by atoms with van der Waals surface area (Å²) in [5.74, 6) is 1.65. The standard InChI is InChI=1S/C11H17NO/c1-8(2)10-5-6-11(13-4)12-7-9(10)3/h5-9H,1-4H3/t9-/m0/s1. The third-order valence-corrected chi connectivity index (χ3v) is 2.25. The SMILES string of the molecule is COC1=CC=C(C(C)C)[C@@H](C)C=N1. The molecule has 1 atom stereocenters. The smallest absolute Gasteiger partial charge is 0.212 e. The molecule has 0 aromatic carbocycles. The maximum absolute atomic E-state index is 5.07. The molecule has 0 radical (unpaired) electrons. The van der Waals surface area contributed by atoms with Crippen LogP contribution in [0.15, 0.2) is 28.6 Å². The van der Waals surface area contributed by atoms with Crippen molar-refractivity contribution < 1.29 is 4.74 Å². The van der Waals surface area contributed by atoms with Crippen LogP contribution in [0.5, 0.6) is 0 Å². The molecule has 0 saturated heterocycles.